The fourth-order valence-electron chi connectivity index (χ4n) is 3.97. The third kappa shape index (κ3) is 3.80. The Morgan fingerprint density at radius 2 is 2.10 bits per heavy atom. The summed E-state index contributed by atoms with van der Waals surface area (Å²) in [6, 6.07) is 15.3. The second-order valence-corrected chi connectivity index (χ2v) is 8.59. The van der Waals surface area contributed by atoms with Crippen LogP contribution in [0, 0.1) is 12.8 Å². The van der Waals surface area contributed by atoms with Gasteiger partial charge in [-0.1, -0.05) is 36.0 Å². The molecule has 160 valence electrons. The summed E-state index contributed by atoms with van der Waals surface area (Å²) in [6.07, 6.45) is -0.322. The summed E-state index contributed by atoms with van der Waals surface area (Å²) in [5.74, 6) is 0.562. The Morgan fingerprint density at radius 3 is 2.94 bits per heavy atom. The molecule has 2 atom stereocenters. The molecule has 2 unspecified atom stereocenters. The number of ether oxygens (including phenoxy) is 1. The van der Waals surface area contributed by atoms with Gasteiger partial charge in [0.25, 0.3) is 0 Å². The van der Waals surface area contributed by atoms with Crippen molar-refractivity contribution >= 4 is 40.1 Å². The number of nitrogens with zero attached hydrogens (tertiary/aromatic N) is 3. The van der Waals surface area contributed by atoms with Crippen LogP contribution in [-0.2, 0) is 9.59 Å². The van der Waals surface area contributed by atoms with Gasteiger partial charge in [0.1, 0.15) is 18.5 Å². The minimum atomic E-state index is -0.322. The number of hydrogen-bond acceptors (Lipinski definition) is 7. The van der Waals surface area contributed by atoms with Gasteiger partial charge in [-0.15, -0.1) is 0 Å². The predicted octanol–water partition coefficient (Wildman–Crippen LogP) is 1.91. The molecular weight excluding hydrogens is 414 g/mol. The van der Waals surface area contributed by atoms with Gasteiger partial charge in [-0.2, -0.15) is 0 Å². The first-order chi connectivity index (χ1) is 15.1. The maximum absolute atomic E-state index is 13.2. The van der Waals surface area contributed by atoms with Crippen LogP contribution in [0.15, 0.2) is 53.5 Å². The van der Waals surface area contributed by atoms with E-state index in [0.29, 0.717) is 24.9 Å². The highest BCUT2D eigenvalue weighted by Gasteiger charge is 2.42. The van der Waals surface area contributed by atoms with Crippen LogP contribution in [0.25, 0.3) is 0 Å². The van der Waals surface area contributed by atoms with Crippen molar-refractivity contribution < 1.29 is 14.3 Å². The number of carbonyl (C=O) groups excluding carboxylic acids is 2. The SMILES string of the molecule is Cc1ccc2c(c1)N(C(=O)CSC1=NC3NNCC3C(=O)N1c1ccccc1)CCO2. The van der Waals surface area contributed by atoms with Crippen LogP contribution in [0.4, 0.5) is 11.4 Å². The predicted molar refractivity (Wildman–Crippen MR) is 121 cm³/mol. The van der Waals surface area contributed by atoms with Gasteiger partial charge in [0.15, 0.2) is 5.17 Å². The van der Waals surface area contributed by atoms with Crippen LogP contribution >= 0.6 is 11.8 Å². The first-order valence-electron chi connectivity index (χ1n) is 10.2. The van der Waals surface area contributed by atoms with Crippen LogP contribution in [0.3, 0.4) is 0 Å². The third-order valence-corrected chi connectivity index (χ3v) is 6.49. The molecule has 0 radical (unpaired) electrons. The Morgan fingerprint density at radius 1 is 1.26 bits per heavy atom. The Labute approximate surface area is 184 Å². The summed E-state index contributed by atoms with van der Waals surface area (Å²) in [7, 11) is 0. The van der Waals surface area contributed by atoms with Gasteiger partial charge >= 0.3 is 0 Å². The number of fused-ring (bicyclic) bond motifs is 2. The third-order valence-electron chi connectivity index (χ3n) is 5.55. The van der Waals surface area contributed by atoms with E-state index >= 15 is 0 Å². The normalized spacial score (nSPS) is 22.5. The lowest BCUT2D eigenvalue weighted by Crippen LogP contribution is -2.50. The monoisotopic (exact) mass is 437 g/mol. The van der Waals surface area contributed by atoms with Crippen LogP contribution in [-0.4, -0.2) is 48.6 Å². The van der Waals surface area contributed by atoms with Crippen molar-refractivity contribution in [1.29, 1.82) is 0 Å². The zero-order valence-corrected chi connectivity index (χ0v) is 17.9. The van der Waals surface area contributed by atoms with Gasteiger partial charge in [0.2, 0.25) is 11.8 Å². The Bertz CT molecular complexity index is 1040. The average molecular weight is 438 g/mol. The van der Waals surface area contributed by atoms with E-state index in [-0.39, 0.29) is 29.7 Å². The smallest absolute Gasteiger partial charge is 0.241 e. The maximum atomic E-state index is 13.2. The Hall–Kier alpha value is -2.88. The lowest BCUT2D eigenvalue weighted by Gasteiger charge is -2.33. The Balaban J connectivity index is 1.38. The van der Waals surface area contributed by atoms with E-state index in [1.165, 1.54) is 11.8 Å². The molecular formula is C22H23N5O3S. The summed E-state index contributed by atoms with van der Waals surface area (Å²) < 4.78 is 5.70. The average Bonchev–Trinajstić information content (AvgIpc) is 3.26. The van der Waals surface area contributed by atoms with Crippen LogP contribution in [0.2, 0.25) is 0 Å². The number of carbonyl (C=O) groups is 2. The van der Waals surface area contributed by atoms with Gasteiger partial charge in [0, 0.05) is 6.54 Å². The molecule has 5 rings (SSSR count). The number of nitrogens with one attached hydrogen (secondary N) is 2. The van der Waals surface area contributed by atoms with Gasteiger partial charge in [0.05, 0.1) is 29.6 Å². The topological polar surface area (TPSA) is 86.3 Å². The molecule has 31 heavy (non-hydrogen) atoms. The number of rotatable bonds is 3. The zero-order valence-electron chi connectivity index (χ0n) is 17.1. The second-order valence-electron chi connectivity index (χ2n) is 7.65. The number of thioether (sulfide) groups is 1. The number of amidine groups is 1. The molecule has 8 nitrogen and oxygen atoms in total. The molecule has 3 aliphatic rings. The van der Waals surface area contributed by atoms with Crippen molar-refractivity contribution in [1.82, 2.24) is 10.9 Å². The number of hydrazine groups is 1. The summed E-state index contributed by atoms with van der Waals surface area (Å²) in [5, 5.41) is 0.528. The number of benzene rings is 2. The highest BCUT2D eigenvalue weighted by atomic mass is 32.2. The summed E-state index contributed by atoms with van der Waals surface area (Å²) in [5.41, 5.74) is 8.68. The van der Waals surface area contributed by atoms with Crippen molar-refractivity contribution in [3.8, 4) is 5.75 Å². The highest BCUT2D eigenvalue weighted by molar-refractivity contribution is 8.14. The summed E-state index contributed by atoms with van der Waals surface area (Å²) in [4.78, 5) is 34.5. The highest BCUT2D eigenvalue weighted by Crippen LogP contribution is 2.34. The molecule has 0 aromatic heterocycles. The molecule has 1 saturated heterocycles. The molecule has 2 aromatic rings. The van der Waals surface area contributed by atoms with Crippen LogP contribution in [0.5, 0.6) is 5.75 Å². The molecule has 2 aromatic carbocycles. The fraction of sp³-hybridized carbons (Fsp3) is 0.318. The molecule has 9 heteroatoms. The maximum Gasteiger partial charge on any atom is 0.241 e. The van der Waals surface area contributed by atoms with Gasteiger partial charge in [-0.05, 0) is 36.8 Å². The van der Waals surface area contributed by atoms with E-state index in [0.717, 1.165) is 22.7 Å². The Kier molecular flexibility index (Phi) is 5.39. The van der Waals surface area contributed by atoms with E-state index in [9.17, 15) is 9.59 Å². The lowest BCUT2D eigenvalue weighted by atomic mass is 10.1. The standard InChI is InChI=1S/C22H23N5O3S/c1-14-7-8-18-17(11-14)26(9-10-30-18)19(28)13-31-22-24-20-16(12-23-25-20)21(29)27(22)15-5-3-2-4-6-15/h2-8,11,16,20,23,25H,9-10,12-13H2,1H3. The number of aliphatic imine (C=N–C) groups is 1. The zero-order chi connectivity index (χ0) is 21.4. The molecule has 3 aliphatic heterocycles. The molecule has 0 bridgehead atoms. The number of para-hydroxylation sites is 1. The minimum absolute atomic E-state index is 0.0222. The molecule has 2 amide bonds. The van der Waals surface area contributed by atoms with E-state index in [1.807, 2.05) is 55.5 Å². The van der Waals surface area contributed by atoms with Crippen molar-refractivity contribution in [2.75, 3.05) is 35.2 Å². The quantitative estimate of drug-likeness (QED) is 0.763. The van der Waals surface area contributed by atoms with Crippen molar-refractivity contribution in [3.63, 3.8) is 0 Å². The molecule has 1 fully saturated rings. The minimum Gasteiger partial charge on any atom is -0.490 e. The van der Waals surface area contributed by atoms with Gasteiger partial charge in [-0.25, -0.2) is 10.4 Å². The summed E-state index contributed by atoms with van der Waals surface area (Å²) in [6.45, 7) is 3.48. The van der Waals surface area contributed by atoms with E-state index in [4.69, 9.17) is 9.73 Å². The van der Waals surface area contributed by atoms with Crippen molar-refractivity contribution in [3.05, 3.63) is 54.1 Å². The molecule has 2 N–H and O–H groups in total. The van der Waals surface area contributed by atoms with Crippen molar-refractivity contribution in [2.45, 2.75) is 13.1 Å². The molecule has 0 aliphatic carbocycles. The molecule has 0 spiro atoms. The largest absolute Gasteiger partial charge is 0.490 e. The van der Waals surface area contributed by atoms with Crippen LogP contribution < -0.4 is 25.4 Å². The van der Waals surface area contributed by atoms with Crippen molar-refractivity contribution in [2.24, 2.45) is 10.9 Å². The first-order valence-corrected chi connectivity index (χ1v) is 11.2. The van der Waals surface area contributed by atoms with E-state index in [2.05, 4.69) is 10.9 Å². The van der Waals surface area contributed by atoms with E-state index < -0.39 is 0 Å². The number of amides is 2. The fourth-order valence-corrected chi connectivity index (χ4v) is 4.90. The van der Waals surface area contributed by atoms with Gasteiger partial charge in [-0.3, -0.25) is 19.9 Å². The number of anilines is 2. The molecule has 3 heterocycles. The second kappa shape index (κ2) is 8.33. The first kappa shape index (κ1) is 20.0. The molecule has 0 saturated carbocycles. The van der Waals surface area contributed by atoms with E-state index in [1.54, 1.807) is 9.80 Å². The van der Waals surface area contributed by atoms with Gasteiger partial charge < -0.3 is 9.64 Å². The number of aryl methyl sites for hydroxylation is 1. The number of hydrogen-bond donors (Lipinski definition) is 2. The lowest BCUT2D eigenvalue weighted by molar-refractivity contribution is -0.121. The summed E-state index contributed by atoms with van der Waals surface area (Å²) >= 11 is 1.29. The van der Waals surface area contributed by atoms with Crippen LogP contribution in [0.1, 0.15) is 5.56 Å².